The molecule has 0 aliphatic carbocycles. The number of carbonyl (C=O) groups excluding carboxylic acids is 1. The number of anilines is 2. The van der Waals surface area contributed by atoms with Crippen LogP contribution in [0.5, 0.6) is 0 Å². The van der Waals surface area contributed by atoms with E-state index in [1.54, 1.807) is 48.9 Å². The highest BCUT2D eigenvalue weighted by Crippen LogP contribution is 2.39. The quantitative estimate of drug-likeness (QED) is 0.144. The molecule has 7 nitrogen and oxygen atoms in total. The van der Waals surface area contributed by atoms with Crippen molar-refractivity contribution in [2.45, 2.75) is 26.9 Å². The van der Waals surface area contributed by atoms with Crippen LogP contribution in [0.4, 0.5) is 24.5 Å². The fourth-order valence-electron chi connectivity index (χ4n) is 2.36. The fraction of sp³-hybridized carbons (Fsp3) is 0.417. The van der Waals surface area contributed by atoms with Gasteiger partial charge in [0, 0.05) is 63.6 Å². The first kappa shape index (κ1) is 33.1. The zero-order valence-corrected chi connectivity index (χ0v) is 20.9. The van der Waals surface area contributed by atoms with Gasteiger partial charge >= 0.3 is 6.18 Å². The van der Waals surface area contributed by atoms with E-state index >= 15 is 0 Å². The van der Waals surface area contributed by atoms with Gasteiger partial charge in [-0.3, -0.25) is 9.80 Å². The molecule has 1 aliphatic heterocycles. The molecule has 192 valence electrons. The Morgan fingerprint density at radius 3 is 1.97 bits per heavy atom. The van der Waals surface area contributed by atoms with Crippen LogP contribution in [0.3, 0.4) is 0 Å². The van der Waals surface area contributed by atoms with Crippen LogP contribution in [-0.2, 0) is 11.0 Å². The van der Waals surface area contributed by atoms with E-state index in [9.17, 15) is 18.0 Å². The average molecular weight is 485 g/mol. The van der Waals surface area contributed by atoms with Gasteiger partial charge < -0.3 is 20.5 Å². The molecule has 0 radical (unpaired) electrons. The number of piperazine rings is 1. The molecule has 1 heterocycles. The number of carbonyl (C=O) groups is 1. The summed E-state index contributed by atoms with van der Waals surface area (Å²) in [7, 11) is 3.18. The molecule has 10 heteroatoms. The molecule has 0 aromatic heterocycles. The van der Waals surface area contributed by atoms with Crippen molar-refractivity contribution < 1.29 is 18.0 Å². The van der Waals surface area contributed by atoms with Crippen LogP contribution >= 0.6 is 0 Å². The van der Waals surface area contributed by atoms with Crippen LogP contribution in [-0.4, -0.2) is 57.9 Å². The van der Waals surface area contributed by atoms with Crippen LogP contribution < -0.4 is 21.0 Å². The lowest BCUT2D eigenvalue weighted by atomic mass is 10.1. The molecule has 1 aromatic rings. The topological polar surface area (TPSA) is 88.7 Å². The molecular formula is C24H39F3N6O. The lowest BCUT2D eigenvalue weighted by Gasteiger charge is -2.32. The molecule has 0 saturated carbocycles. The van der Waals surface area contributed by atoms with E-state index in [-0.39, 0.29) is 5.69 Å². The molecule has 0 bridgehead atoms. The van der Waals surface area contributed by atoms with E-state index in [0.717, 1.165) is 10.6 Å². The molecule has 1 aliphatic rings. The van der Waals surface area contributed by atoms with Gasteiger partial charge in [-0.25, -0.2) is 5.84 Å². The zero-order valence-electron chi connectivity index (χ0n) is 20.9. The molecule has 0 atom stereocenters. The summed E-state index contributed by atoms with van der Waals surface area (Å²) in [6.45, 7) is 18.6. The van der Waals surface area contributed by atoms with E-state index in [2.05, 4.69) is 25.1 Å². The Labute approximate surface area is 201 Å². The minimum absolute atomic E-state index is 0.253. The van der Waals surface area contributed by atoms with E-state index < -0.39 is 11.7 Å². The Morgan fingerprint density at radius 2 is 1.65 bits per heavy atom. The van der Waals surface area contributed by atoms with Gasteiger partial charge in [-0.1, -0.05) is 19.2 Å². The maximum Gasteiger partial charge on any atom is 0.418 e. The number of allylic oxidation sites excluding steroid dienone is 3. The molecule has 34 heavy (non-hydrogen) atoms. The summed E-state index contributed by atoms with van der Waals surface area (Å²) < 4.78 is 40.1. The summed E-state index contributed by atoms with van der Waals surface area (Å²) in [5.74, 6) is 4.76. The van der Waals surface area contributed by atoms with E-state index in [4.69, 9.17) is 11.3 Å². The minimum atomic E-state index is -4.37. The predicted molar refractivity (Wildman–Crippen MR) is 137 cm³/mol. The van der Waals surface area contributed by atoms with Crippen LogP contribution in [0.1, 0.15) is 26.3 Å². The smallest absolute Gasteiger partial charge is 0.368 e. The molecule has 2 rings (SSSR count). The Kier molecular flexibility index (Phi) is 16.9. The Hall–Kier alpha value is -3.11. The molecule has 0 unspecified atom stereocenters. The van der Waals surface area contributed by atoms with Gasteiger partial charge in [0.05, 0.1) is 5.56 Å². The Bertz CT molecular complexity index is 787. The van der Waals surface area contributed by atoms with Gasteiger partial charge in [-0.15, -0.1) is 6.58 Å². The molecule has 1 fully saturated rings. The van der Waals surface area contributed by atoms with Crippen molar-refractivity contribution in [3.05, 3.63) is 60.8 Å². The highest BCUT2D eigenvalue weighted by Gasteiger charge is 2.35. The molecule has 1 saturated heterocycles. The van der Waals surface area contributed by atoms with Crippen molar-refractivity contribution in [1.29, 1.82) is 5.41 Å². The number of nitrogens with zero attached hydrogens (tertiary/aromatic N) is 3. The summed E-state index contributed by atoms with van der Waals surface area (Å²) >= 11 is 0. The highest BCUT2D eigenvalue weighted by atomic mass is 19.4. The first-order valence-electron chi connectivity index (χ1n) is 10.5. The van der Waals surface area contributed by atoms with Gasteiger partial charge in [0.15, 0.2) is 0 Å². The molecule has 0 spiro atoms. The normalized spacial score (nSPS) is 12.2. The number of nitrogens with two attached hydrogens (primary N) is 1. The van der Waals surface area contributed by atoms with Crippen molar-refractivity contribution in [3.63, 3.8) is 0 Å². The van der Waals surface area contributed by atoms with E-state index in [1.165, 1.54) is 19.3 Å². The van der Waals surface area contributed by atoms with Gasteiger partial charge in [0.2, 0.25) is 6.41 Å². The third kappa shape index (κ3) is 14.1. The SMILES string of the molecule is C=C(C)C=N.C=C(C)N(C)c1ccc(N2CCNCC2)c(C(F)(F)F)c1.C=CC.CN(N)C=O. The van der Waals surface area contributed by atoms with Crippen molar-refractivity contribution in [1.82, 2.24) is 10.3 Å². The van der Waals surface area contributed by atoms with Gasteiger partial charge in [0.1, 0.15) is 0 Å². The van der Waals surface area contributed by atoms with Crippen LogP contribution in [0.2, 0.25) is 0 Å². The van der Waals surface area contributed by atoms with Crippen molar-refractivity contribution >= 4 is 24.0 Å². The Morgan fingerprint density at radius 1 is 1.21 bits per heavy atom. The lowest BCUT2D eigenvalue weighted by Crippen LogP contribution is -2.44. The fourth-order valence-corrected chi connectivity index (χ4v) is 2.36. The van der Waals surface area contributed by atoms with Gasteiger partial charge in [0.25, 0.3) is 0 Å². The van der Waals surface area contributed by atoms with Crippen molar-refractivity contribution in [3.8, 4) is 0 Å². The number of benzene rings is 1. The standard InChI is InChI=1S/C15H20F3N3.C4H7N.C3H6.C2H6N2O/c1-11(2)20(3)12-4-5-14(13(10-12)15(16,17)18)21-8-6-19-7-9-21;1-4(2)3-5;1-3-2;1-4(3)2-5/h4-5,10,19H,1,6-9H2,2-3H3;3,5H,1H2,2H3;3H,1H2,2H3;2H,3H2,1H3. The number of nitrogens with one attached hydrogen (secondary N) is 2. The number of halogens is 3. The van der Waals surface area contributed by atoms with Crippen LogP contribution in [0.25, 0.3) is 0 Å². The highest BCUT2D eigenvalue weighted by molar-refractivity contribution is 5.73. The summed E-state index contributed by atoms with van der Waals surface area (Å²) in [6.07, 6.45) is -0.869. The number of alkyl halides is 3. The first-order valence-corrected chi connectivity index (χ1v) is 10.5. The average Bonchev–Trinajstić information content (AvgIpc) is 2.79. The van der Waals surface area contributed by atoms with Crippen LogP contribution in [0.15, 0.2) is 55.3 Å². The van der Waals surface area contributed by atoms with Gasteiger partial charge in [-0.05, 0) is 44.5 Å². The summed E-state index contributed by atoms with van der Waals surface area (Å²) in [6, 6.07) is 4.47. The third-order valence-corrected chi connectivity index (χ3v) is 4.12. The van der Waals surface area contributed by atoms with Crippen LogP contribution in [0, 0.1) is 5.41 Å². The summed E-state index contributed by atoms with van der Waals surface area (Å²) in [5.41, 5.74) is 1.65. The first-order chi connectivity index (χ1) is 15.8. The number of rotatable bonds is 5. The number of hydrogen-bond acceptors (Lipinski definition) is 6. The van der Waals surface area contributed by atoms with Crippen molar-refractivity contribution in [2.24, 2.45) is 5.84 Å². The monoisotopic (exact) mass is 484 g/mol. The number of hydrogen-bond donors (Lipinski definition) is 3. The largest absolute Gasteiger partial charge is 0.418 e. The third-order valence-electron chi connectivity index (χ3n) is 4.12. The molecular weight excluding hydrogens is 445 g/mol. The van der Waals surface area contributed by atoms with E-state index in [1.807, 2.05) is 6.92 Å². The second kappa shape index (κ2) is 17.4. The number of amides is 1. The molecule has 1 aromatic carbocycles. The summed E-state index contributed by atoms with van der Waals surface area (Å²) in [5, 5.41) is 10.5. The lowest BCUT2D eigenvalue weighted by molar-refractivity contribution is -0.137. The zero-order chi connectivity index (χ0) is 26.9. The number of hydrazine groups is 1. The van der Waals surface area contributed by atoms with Crippen molar-refractivity contribution in [2.75, 3.05) is 50.1 Å². The molecule has 4 N–H and O–H groups in total. The summed E-state index contributed by atoms with van der Waals surface area (Å²) in [4.78, 5) is 12.7. The predicted octanol–water partition coefficient (Wildman–Crippen LogP) is 4.44. The second-order valence-corrected chi connectivity index (χ2v) is 7.40. The Balaban J connectivity index is 0. The molecule has 1 amide bonds. The maximum absolute atomic E-state index is 13.4. The van der Waals surface area contributed by atoms with Gasteiger partial charge in [-0.2, -0.15) is 13.2 Å². The van der Waals surface area contributed by atoms with E-state index in [0.29, 0.717) is 44.0 Å². The minimum Gasteiger partial charge on any atom is -0.368 e. The maximum atomic E-state index is 13.4. The second-order valence-electron chi connectivity index (χ2n) is 7.40.